The Morgan fingerprint density at radius 2 is 1.50 bits per heavy atom. The van der Waals surface area contributed by atoms with Gasteiger partial charge in [-0.1, -0.05) is 41.4 Å². The van der Waals surface area contributed by atoms with Crippen molar-refractivity contribution >= 4 is 63.7 Å². The zero-order valence-corrected chi connectivity index (χ0v) is 17.5. The van der Waals surface area contributed by atoms with E-state index in [-0.39, 0.29) is 21.3 Å². The molecule has 3 N–H and O–H groups in total. The molecule has 5 nitrogen and oxygen atoms in total. The van der Waals surface area contributed by atoms with Crippen LogP contribution in [0.5, 0.6) is 0 Å². The Hall–Kier alpha value is -3.00. The van der Waals surface area contributed by atoms with E-state index in [9.17, 15) is 14.0 Å². The third-order valence-corrected chi connectivity index (χ3v) is 4.65. The molecule has 0 spiro atoms. The zero-order chi connectivity index (χ0) is 21.7. The largest absolute Gasteiger partial charge is 0.332 e. The van der Waals surface area contributed by atoms with Gasteiger partial charge in [-0.15, -0.1) is 0 Å². The smallest absolute Gasteiger partial charge is 0.258 e. The van der Waals surface area contributed by atoms with Gasteiger partial charge in [0.15, 0.2) is 5.11 Å². The molecular weight excluding hydrogens is 448 g/mol. The molecule has 0 saturated carbocycles. The Morgan fingerprint density at radius 3 is 2.20 bits per heavy atom. The van der Waals surface area contributed by atoms with Crippen molar-refractivity contribution in [2.75, 3.05) is 10.6 Å². The van der Waals surface area contributed by atoms with Gasteiger partial charge in [-0.2, -0.15) is 0 Å². The van der Waals surface area contributed by atoms with E-state index in [2.05, 4.69) is 16.0 Å². The summed E-state index contributed by atoms with van der Waals surface area (Å²) in [5, 5.41) is 8.61. The monoisotopic (exact) mass is 461 g/mol. The third kappa shape index (κ3) is 5.54. The molecule has 0 aliphatic rings. The number of nitrogens with one attached hydrogen (secondary N) is 3. The molecule has 152 valence electrons. The lowest BCUT2D eigenvalue weighted by Gasteiger charge is -2.12. The molecule has 3 rings (SSSR count). The van der Waals surface area contributed by atoms with Gasteiger partial charge in [-0.25, -0.2) is 4.39 Å². The molecular formula is C21H14Cl2FN3O2S. The molecule has 0 heterocycles. The van der Waals surface area contributed by atoms with Crippen molar-refractivity contribution in [1.29, 1.82) is 0 Å². The Labute approximate surface area is 187 Å². The zero-order valence-electron chi connectivity index (χ0n) is 15.2. The lowest BCUT2D eigenvalue weighted by Crippen LogP contribution is -2.34. The number of carbonyl (C=O) groups is 2. The van der Waals surface area contributed by atoms with Crippen molar-refractivity contribution in [3.8, 4) is 0 Å². The second-order valence-electron chi connectivity index (χ2n) is 6.05. The Bertz CT molecular complexity index is 1140. The van der Waals surface area contributed by atoms with Crippen LogP contribution in [-0.4, -0.2) is 16.9 Å². The number of carbonyl (C=O) groups excluding carboxylic acids is 2. The predicted molar refractivity (Wildman–Crippen MR) is 121 cm³/mol. The van der Waals surface area contributed by atoms with Crippen LogP contribution in [0.25, 0.3) is 0 Å². The average molecular weight is 462 g/mol. The van der Waals surface area contributed by atoms with Crippen LogP contribution in [0.1, 0.15) is 20.7 Å². The molecule has 0 aromatic heterocycles. The molecule has 0 unspecified atom stereocenters. The maximum Gasteiger partial charge on any atom is 0.258 e. The fourth-order valence-electron chi connectivity index (χ4n) is 2.52. The summed E-state index contributed by atoms with van der Waals surface area (Å²) in [6.07, 6.45) is 0. The van der Waals surface area contributed by atoms with Crippen LogP contribution in [0.2, 0.25) is 10.0 Å². The third-order valence-electron chi connectivity index (χ3n) is 3.90. The first-order valence-corrected chi connectivity index (χ1v) is 9.73. The first-order valence-electron chi connectivity index (χ1n) is 8.57. The fourth-order valence-corrected chi connectivity index (χ4v) is 3.23. The Balaban J connectivity index is 1.64. The first kappa shape index (κ1) is 21.7. The minimum Gasteiger partial charge on any atom is -0.332 e. The molecule has 3 aromatic carbocycles. The van der Waals surface area contributed by atoms with Gasteiger partial charge in [-0.3, -0.25) is 14.9 Å². The predicted octanol–water partition coefficient (Wildman–Crippen LogP) is 5.51. The number of hydrogen-bond donors (Lipinski definition) is 3. The SMILES string of the molecule is O=C(Nc1cccc(NC(=S)NC(=O)c2ccc(Cl)cc2Cl)c1)c1ccccc1F. The number of halogens is 3. The van der Waals surface area contributed by atoms with E-state index in [0.717, 1.165) is 0 Å². The van der Waals surface area contributed by atoms with Gasteiger partial charge in [0, 0.05) is 16.4 Å². The summed E-state index contributed by atoms with van der Waals surface area (Å²) in [6, 6.07) is 16.7. The van der Waals surface area contributed by atoms with Crippen molar-refractivity contribution < 1.29 is 14.0 Å². The second-order valence-corrected chi connectivity index (χ2v) is 7.30. The van der Waals surface area contributed by atoms with Gasteiger partial charge in [0.25, 0.3) is 11.8 Å². The lowest BCUT2D eigenvalue weighted by molar-refractivity contribution is 0.0976. The van der Waals surface area contributed by atoms with Crippen LogP contribution in [-0.2, 0) is 0 Å². The summed E-state index contributed by atoms with van der Waals surface area (Å²) >= 11 is 17.0. The number of amides is 2. The molecule has 9 heteroatoms. The van der Waals surface area contributed by atoms with Crippen molar-refractivity contribution in [2.24, 2.45) is 0 Å². The van der Waals surface area contributed by atoms with Gasteiger partial charge in [0.05, 0.1) is 16.1 Å². The fraction of sp³-hybridized carbons (Fsp3) is 0. The van der Waals surface area contributed by atoms with Crippen molar-refractivity contribution in [3.05, 3.63) is 93.7 Å². The molecule has 3 aromatic rings. The average Bonchev–Trinajstić information content (AvgIpc) is 2.68. The Kier molecular flexibility index (Phi) is 6.99. The van der Waals surface area contributed by atoms with Crippen molar-refractivity contribution in [2.45, 2.75) is 0 Å². The summed E-state index contributed by atoms with van der Waals surface area (Å²) in [5.41, 5.74) is 1.08. The molecule has 0 radical (unpaired) electrons. The maximum absolute atomic E-state index is 13.8. The number of thiocarbonyl (C=S) groups is 1. The van der Waals surface area contributed by atoms with E-state index in [0.29, 0.717) is 16.4 Å². The van der Waals surface area contributed by atoms with E-state index in [1.54, 1.807) is 36.4 Å². The quantitative estimate of drug-likeness (QED) is 0.447. The number of benzene rings is 3. The minimum atomic E-state index is -0.617. The second kappa shape index (κ2) is 9.67. The van der Waals surface area contributed by atoms with Crippen LogP contribution < -0.4 is 16.0 Å². The maximum atomic E-state index is 13.8. The lowest BCUT2D eigenvalue weighted by atomic mass is 10.2. The molecule has 0 aliphatic heterocycles. The van der Waals surface area contributed by atoms with Crippen LogP contribution in [0.4, 0.5) is 15.8 Å². The van der Waals surface area contributed by atoms with E-state index < -0.39 is 17.6 Å². The van der Waals surface area contributed by atoms with E-state index >= 15 is 0 Å². The van der Waals surface area contributed by atoms with Gasteiger partial charge in [-0.05, 0) is 60.7 Å². The standard InChI is InChI=1S/C21H14Cl2FN3O2S/c22-12-8-9-15(17(23)10-12)19(28)27-21(30)26-14-5-3-4-13(11-14)25-20(29)16-6-1-2-7-18(16)24/h1-11H,(H,25,29)(H2,26,27,28,30). The summed E-state index contributed by atoms with van der Waals surface area (Å²) in [6.45, 7) is 0. The van der Waals surface area contributed by atoms with Crippen molar-refractivity contribution in [3.63, 3.8) is 0 Å². The molecule has 30 heavy (non-hydrogen) atoms. The highest BCUT2D eigenvalue weighted by Gasteiger charge is 2.13. The molecule has 2 amide bonds. The summed E-state index contributed by atoms with van der Waals surface area (Å²) < 4.78 is 13.8. The Morgan fingerprint density at radius 1 is 0.800 bits per heavy atom. The van der Waals surface area contributed by atoms with Crippen LogP contribution in [0.3, 0.4) is 0 Å². The number of rotatable bonds is 4. The van der Waals surface area contributed by atoms with E-state index in [1.807, 2.05) is 0 Å². The molecule has 0 saturated heterocycles. The first-order chi connectivity index (χ1) is 14.3. The topological polar surface area (TPSA) is 70.2 Å². The van der Waals surface area contributed by atoms with Gasteiger partial charge >= 0.3 is 0 Å². The van der Waals surface area contributed by atoms with E-state index in [1.165, 1.54) is 30.3 Å². The molecule has 0 aliphatic carbocycles. The summed E-state index contributed by atoms with van der Waals surface area (Å²) in [4.78, 5) is 24.6. The summed E-state index contributed by atoms with van der Waals surface area (Å²) in [7, 11) is 0. The van der Waals surface area contributed by atoms with Crippen molar-refractivity contribution in [1.82, 2.24) is 5.32 Å². The summed E-state index contributed by atoms with van der Waals surface area (Å²) in [5.74, 6) is -1.70. The minimum absolute atomic E-state index is 0.0311. The van der Waals surface area contributed by atoms with Crippen LogP contribution in [0, 0.1) is 5.82 Å². The van der Waals surface area contributed by atoms with Gasteiger partial charge < -0.3 is 10.6 Å². The van der Waals surface area contributed by atoms with Gasteiger partial charge in [0.2, 0.25) is 0 Å². The van der Waals surface area contributed by atoms with Gasteiger partial charge in [0.1, 0.15) is 5.82 Å². The van der Waals surface area contributed by atoms with Crippen LogP contribution in [0.15, 0.2) is 66.7 Å². The van der Waals surface area contributed by atoms with Crippen LogP contribution >= 0.6 is 35.4 Å². The van der Waals surface area contributed by atoms with E-state index in [4.69, 9.17) is 35.4 Å². The molecule has 0 fully saturated rings. The highest BCUT2D eigenvalue weighted by atomic mass is 35.5. The molecule has 0 bridgehead atoms. The number of hydrogen-bond acceptors (Lipinski definition) is 3. The number of anilines is 2. The highest BCUT2D eigenvalue weighted by molar-refractivity contribution is 7.80. The molecule has 0 atom stereocenters. The highest BCUT2D eigenvalue weighted by Crippen LogP contribution is 2.21. The normalized spacial score (nSPS) is 10.2.